The molecular weight excluding hydrogens is 324 g/mol. The van der Waals surface area contributed by atoms with E-state index in [4.69, 9.17) is 4.74 Å². The summed E-state index contributed by atoms with van der Waals surface area (Å²) in [6.45, 7) is 3.90. The molecule has 100 valence electrons. The van der Waals surface area contributed by atoms with Crippen LogP contribution in [0.3, 0.4) is 0 Å². The van der Waals surface area contributed by atoms with Crippen molar-refractivity contribution in [3.05, 3.63) is 45.3 Å². The fourth-order valence-corrected chi connectivity index (χ4v) is 3.43. The monoisotopic (exact) mass is 338 g/mol. The third kappa shape index (κ3) is 2.99. The molecule has 2 unspecified atom stereocenters. The molecule has 0 spiro atoms. The smallest absolute Gasteiger partial charge is 0.101 e. The standard InChI is InChI=1S/C14H15BrN2OS/c1-10-7-17(13-4-12(15)5-16-6-13)8-14(18-10)11-2-3-19-9-11/h2-6,9-10,14H,7-8H2,1H3. The highest BCUT2D eigenvalue weighted by atomic mass is 79.9. The molecule has 1 aliphatic rings. The zero-order chi connectivity index (χ0) is 13.2. The van der Waals surface area contributed by atoms with Gasteiger partial charge in [-0.15, -0.1) is 0 Å². The Morgan fingerprint density at radius 2 is 2.32 bits per heavy atom. The van der Waals surface area contributed by atoms with Crippen molar-refractivity contribution >= 4 is 33.0 Å². The van der Waals surface area contributed by atoms with Crippen molar-refractivity contribution in [1.82, 2.24) is 4.98 Å². The van der Waals surface area contributed by atoms with Crippen molar-refractivity contribution in [3.63, 3.8) is 0 Å². The number of nitrogens with zero attached hydrogens (tertiary/aromatic N) is 2. The quantitative estimate of drug-likeness (QED) is 0.830. The van der Waals surface area contributed by atoms with Crippen molar-refractivity contribution < 1.29 is 4.74 Å². The lowest BCUT2D eigenvalue weighted by molar-refractivity contribution is -0.0171. The molecule has 0 N–H and O–H groups in total. The number of hydrogen-bond acceptors (Lipinski definition) is 4. The van der Waals surface area contributed by atoms with Crippen LogP contribution in [-0.2, 0) is 4.74 Å². The predicted molar refractivity (Wildman–Crippen MR) is 81.8 cm³/mol. The summed E-state index contributed by atoms with van der Waals surface area (Å²) in [6, 6.07) is 4.25. The summed E-state index contributed by atoms with van der Waals surface area (Å²) < 4.78 is 7.06. The average Bonchev–Trinajstić information content (AvgIpc) is 2.92. The van der Waals surface area contributed by atoms with Gasteiger partial charge in [0.25, 0.3) is 0 Å². The third-order valence-corrected chi connectivity index (χ3v) is 4.37. The molecule has 0 radical (unpaired) electrons. The zero-order valence-corrected chi connectivity index (χ0v) is 13.0. The average molecular weight is 339 g/mol. The van der Waals surface area contributed by atoms with Crippen molar-refractivity contribution in [2.24, 2.45) is 0 Å². The van der Waals surface area contributed by atoms with E-state index in [1.165, 1.54) is 5.56 Å². The fraction of sp³-hybridized carbons (Fsp3) is 0.357. The molecule has 0 amide bonds. The number of pyridine rings is 1. The molecule has 3 heterocycles. The van der Waals surface area contributed by atoms with Crippen LogP contribution in [0.25, 0.3) is 0 Å². The van der Waals surface area contributed by atoms with Gasteiger partial charge in [-0.3, -0.25) is 4.98 Å². The van der Waals surface area contributed by atoms with Crippen molar-refractivity contribution in [1.29, 1.82) is 0 Å². The summed E-state index contributed by atoms with van der Waals surface area (Å²) in [5.74, 6) is 0. The fourth-order valence-electron chi connectivity index (χ4n) is 2.38. The van der Waals surface area contributed by atoms with E-state index in [2.05, 4.69) is 55.6 Å². The van der Waals surface area contributed by atoms with Crippen LogP contribution in [-0.4, -0.2) is 24.2 Å². The summed E-state index contributed by atoms with van der Waals surface area (Å²) in [6.07, 6.45) is 4.09. The minimum Gasteiger partial charge on any atom is -0.367 e. The number of hydrogen-bond donors (Lipinski definition) is 0. The summed E-state index contributed by atoms with van der Waals surface area (Å²) >= 11 is 5.19. The van der Waals surface area contributed by atoms with Gasteiger partial charge in [-0.1, -0.05) is 0 Å². The normalized spacial score (nSPS) is 23.6. The van der Waals surface area contributed by atoms with Gasteiger partial charge in [-0.25, -0.2) is 0 Å². The highest BCUT2D eigenvalue weighted by Gasteiger charge is 2.27. The number of ether oxygens (including phenoxy) is 1. The van der Waals surface area contributed by atoms with Gasteiger partial charge in [0.2, 0.25) is 0 Å². The molecule has 3 nitrogen and oxygen atoms in total. The number of aromatic nitrogens is 1. The second-order valence-electron chi connectivity index (χ2n) is 4.76. The third-order valence-electron chi connectivity index (χ3n) is 3.23. The number of morpholine rings is 1. The van der Waals surface area contributed by atoms with Crippen LogP contribution < -0.4 is 4.90 Å². The molecule has 2 atom stereocenters. The van der Waals surface area contributed by atoms with Gasteiger partial charge >= 0.3 is 0 Å². The van der Waals surface area contributed by atoms with E-state index in [-0.39, 0.29) is 12.2 Å². The van der Waals surface area contributed by atoms with Gasteiger partial charge in [-0.05, 0) is 51.3 Å². The van der Waals surface area contributed by atoms with E-state index in [9.17, 15) is 0 Å². The lowest BCUT2D eigenvalue weighted by atomic mass is 10.1. The van der Waals surface area contributed by atoms with Gasteiger partial charge in [0, 0.05) is 23.8 Å². The summed E-state index contributed by atoms with van der Waals surface area (Å²) in [5.41, 5.74) is 2.41. The van der Waals surface area contributed by atoms with Gasteiger partial charge in [0.05, 0.1) is 18.0 Å². The summed E-state index contributed by atoms with van der Waals surface area (Å²) in [5, 5.41) is 4.27. The van der Waals surface area contributed by atoms with Crippen LogP contribution in [0.2, 0.25) is 0 Å². The van der Waals surface area contributed by atoms with Crippen molar-refractivity contribution in [2.75, 3.05) is 18.0 Å². The lowest BCUT2D eigenvalue weighted by Gasteiger charge is -2.38. The van der Waals surface area contributed by atoms with E-state index >= 15 is 0 Å². The maximum absolute atomic E-state index is 6.05. The lowest BCUT2D eigenvalue weighted by Crippen LogP contribution is -2.42. The Morgan fingerprint density at radius 3 is 3.05 bits per heavy atom. The van der Waals surface area contributed by atoms with Gasteiger partial charge in [-0.2, -0.15) is 11.3 Å². The summed E-state index contributed by atoms with van der Waals surface area (Å²) in [7, 11) is 0. The Labute approximate surface area is 125 Å². The van der Waals surface area contributed by atoms with Crippen LogP contribution in [0.5, 0.6) is 0 Å². The maximum atomic E-state index is 6.05. The molecule has 1 aliphatic heterocycles. The number of thiophene rings is 1. The Kier molecular flexibility index (Phi) is 3.86. The molecule has 5 heteroatoms. The second-order valence-corrected chi connectivity index (χ2v) is 6.45. The summed E-state index contributed by atoms with van der Waals surface area (Å²) in [4.78, 5) is 6.59. The molecular formula is C14H15BrN2OS. The van der Waals surface area contributed by atoms with Crippen LogP contribution in [0, 0.1) is 0 Å². The van der Waals surface area contributed by atoms with Crippen molar-refractivity contribution in [3.8, 4) is 0 Å². The Bertz CT molecular complexity index is 546. The Hall–Kier alpha value is -0.910. The van der Waals surface area contributed by atoms with Gasteiger partial charge in [0.15, 0.2) is 0 Å². The molecule has 19 heavy (non-hydrogen) atoms. The first kappa shape index (κ1) is 13.1. The number of halogens is 1. The highest BCUT2D eigenvalue weighted by Crippen LogP contribution is 2.30. The molecule has 3 rings (SSSR count). The second kappa shape index (κ2) is 5.61. The molecule has 0 aromatic carbocycles. The maximum Gasteiger partial charge on any atom is 0.101 e. The minimum atomic E-state index is 0.147. The Morgan fingerprint density at radius 1 is 1.42 bits per heavy atom. The molecule has 2 aromatic rings. The van der Waals surface area contributed by atoms with Crippen LogP contribution in [0.4, 0.5) is 5.69 Å². The molecule has 1 fully saturated rings. The molecule has 0 aliphatic carbocycles. The van der Waals surface area contributed by atoms with E-state index in [0.29, 0.717) is 0 Å². The minimum absolute atomic E-state index is 0.147. The van der Waals surface area contributed by atoms with Crippen LogP contribution in [0.1, 0.15) is 18.6 Å². The van der Waals surface area contributed by atoms with E-state index in [1.54, 1.807) is 11.3 Å². The van der Waals surface area contributed by atoms with Crippen LogP contribution in [0.15, 0.2) is 39.8 Å². The zero-order valence-electron chi connectivity index (χ0n) is 10.6. The predicted octanol–water partition coefficient (Wildman–Crippen LogP) is 3.87. The first-order chi connectivity index (χ1) is 9.22. The van der Waals surface area contributed by atoms with Gasteiger partial charge in [0.1, 0.15) is 6.10 Å². The number of rotatable bonds is 2. The molecule has 2 aromatic heterocycles. The largest absolute Gasteiger partial charge is 0.367 e. The molecule has 0 saturated carbocycles. The highest BCUT2D eigenvalue weighted by molar-refractivity contribution is 9.10. The SMILES string of the molecule is CC1CN(c2cncc(Br)c2)CC(c2ccsc2)O1. The van der Waals surface area contributed by atoms with E-state index in [0.717, 1.165) is 23.2 Å². The van der Waals surface area contributed by atoms with E-state index < -0.39 is 0 Å². The first-order valence-corrected chi connectivity index (χ1v) is 7.99. The number of anilines is 1. The molecule has 1 saturated heterocycles. The van der Waals surface area contributed by atoms with Gasteiger partial charge < -0.3 is 9.64 Å². The topological polar surface area (TPSA) is 25.4 Å². The van der Waals surface area contributed by atoms with E-state index in [1.807, 2.05) is 12.4 Å². The first-order valence-electron chi connectivity index (χ1n) is 6.25. The van der Waals surface area contributed by atoms with Crippen LogP contribution >= 0.6 is 27.3 Å². The Balaban J connectivity index is 1.83. The molecule has 0 bridgehead atoms. The van der Waals surface area contributed by atoms with Crippen molar-refractivity contribution in [2.45, 2.75) is 19.1 Å².